The van der Waals surface area contributed by atoms with Crippen molar-refractivity contribution in [2.75, 3.05) is 45.2 Å². The number of likely N-dealkylation sites (N-methyl/N-ethyl adjacent to an activating group) is 1. The van der Waals surface area contributed by atoms with Crippen molar-refractivity contribution in [1.29, 1.82) is 0 Å². The van der Waals surface area contributed by atoms with Crippen LogP contribution in [-0.2, 0) is 0 Å². The third-order valence-electron chi connectivity index (χ3n) is 1.39. The van der Waals surface area contributed by atoms with E-state index in [1.54, 1.807) is 0 Å². The van der Waals surface area contributed by atoms with Crippen molar-refractivity contribution in [2.45, 2.75) is 0 Å². The second-order valence-electron chi connectivity index (χ2n) is 2.92. The first-order valence-corrected chi connectivity index (χ1v) is 5.47. The van der Waals surface area contributed by atoms with Gasteiger partial charge in [-0.05, 0) is 14.1 Å². The van der Waals surface area contributed by atoms with E-state index in [1.807, 2.05) is 17.8 Å². The fourth-order valence-corrected chi connectivity index (χ4v) is 1.36. The summed E-state index contributed by atoms with van der Waals surface area (Å²) in [7, 11) is 4.18. The molecule has 0 aliphatic rings. The molecule has 0 heterocycles. The van der Waals surface area contributed by atoms with E-state index in [4.69, 9.17) is 0 Å². The molecular weight excluding hydrogens is 168 g/mol. The highest BCUT2D eigenvalue weighted by Gasteiger charge is 1.89. The Morgan fingerprint density at radius 2 is 2.17 bits per heavy atom. The van der Waals surface area contributed by atoms with Crippen LogP contribution in [0.4, 0.5) is 0 Å². The highest BCUT2D eigenvalue weighted by Crippen LogP contribution is 1.96. The van der Waals surface area contributed by atoms with E-state index in [1.165, 1.54) is 5.75 Å². The zero-order valence-corrected chi connectivity index (χ0v) is 8.99. The highest BCUT2D eigenvalue weighted by molar-refractivity contribution is 7.99. The minimum atomic E-state index is 1.06. The molecule has 0 atom stereocenters. The summed E-state index contributed by atoms with van der Waals surface area (Å²) >= 11 is 1.92. The fourth-order valence-electron chi connectivity index (χ4n) is 0.739. The van der Waals surface area contributed by atoms with Crippen molar-refractivity contribution in [3.05, 3.63) is 12.7 Å². The average molecular weight is 188 g/mol. The number of nitrogens with zero attached hydrogens (tertiary/aromatic N) is 1. The quantitative estimate of drug-likeness (QED) is 0.453. The van der Waals surface area contributed by atoms with E-state index in [0.29, 0.717) is 0 Å². The summed E-state index contributed by atoms with van der Waals surface area (Å²) < 4.78 is 0. The van der Waals surface area contributed by atoms with Crippen LogP contribution in [-0.4, -0.2) is 50.1 Å². The van der Waals surface area contributed by atoms with Crippen molar-refractivity contribution in [2.24, 2.45) is 0 Å². The summed E-state index contributed by atoms with van der Waals surface area (Å²) in [4.78, 5) is 2.18. The van der Waals surface area contributed by atoms with E-state index in [0.717, 1.165) is 25.4 Å². The van der Waals surface area contributed by atoms with Crippen LogP contribution >= 0.6 is 11.8 Å². The van der Waals surface area contributed by atoms with Crippen molar-refractivity contribution in [3.63, 3.8) is 0 Å². The summed E-state index contributed by atoms with van der Waals surface area (Å²) in [6.07, 6.45) is 1.95. The zero-order chi connectivity index (χ0) is 9.23. The number of hydrogen-bond acceptors (Lipinski definition) is 3. The molecule has 0 fully saturated rings. The van der Waals surface area contributed by atoms with Crippen LogP contribution in [0.5, 0.6) is 0 Å². The van der Waals surface area contributed by atoms with Crippen molar-refractivity contribution in [3.8, 4) is 0 Å². The standard InChI is InChI=1S/C9H20N2S/c1-4-8-12-9-6-10-5-7-11(2)3/h4,10H,1,5-9H2,2-3H3. The van der Waals surface area contributed by atoms with Gasteiger partial charge in [-0.2, -0.15) is 11.8 Å². The predicted molar refractivity (Wildman–Crippen MR) is 58.9 cm³/mol. The molecule has 0 amide bonds. The lowest BCUT2D eigenvalue weighted by Gasteiger charge is -2.09. The van der Waals surface area contributed by atoms with Gasteiger partial charge in [0.2, 0.25) is 0 Å². The Bertz CT molecular complexity index is 105. The van der Waals surface area contributed by atoms with Gasteiger partial charge in [-0.3, -0.25) is 0 Å². The number of thioether (sulfide) groups is 1. The predicted octanol–water partition coefficient (Wildman–Crippen LogP) is 1.06. The normalized spacial score (nSPS) is 10.6. The minimum Gasteiger partial charge on any atom is -0.315 e. The van der Waals surface area contributed by atoms with Crippen LogP contribution in [0.25, 0.3) is 0 Å². The van der Waals surface area contributed by atoms with E-state index >= 15 is 0 Å². The Morgan fingerprint density at radius 1 is 1.42 bits per heavy atom. The third kappa shape index (κ3) is 10.0. The molecule has 0 rings (SSSR count). The van der Waals surface area contributed by atoms with Crippen LogP contribution in [0.1, 0.15) is 0 Å². The second kappa shape index (κ2) is 9.10. The summed E-state index contributed by atoms with van der Waals surface area (Å²) in [5.41, 5.74) is 0. The maximum Gasteiger partial charge on any atom is 0.0111 e. The lowest BCUT2D eigenvalue weighted by atomic mass is 10.5. The van der Waals surface area contributed by atoms with Crippen molar-refractivity contribution >= 4 is 11.8 Å². The maximum atomic E-state index is 3.67. The summed E-state index contributed by atoms with van der Waals surface area (Å²) in [6.45, 7) is 6.98. The van der Waals surface area contributed by atoms with Gasteiger partial charge < -0.3 is 10.2 Å². The largest absolute Gasteiger partial charge is 0.315 e. The SMILES string of the molecule is C=CCSCCNCCN(C)C. The van der Waals surface area contributed by atoms with E-state index in [-0.39, 0.29) is 0 Å². The summed E-state index contributed by atoms with van der Waals surface area (Å²) in [5.74, 6) is 2.24. The second-order valence-corrected chi connectivity index (χ2v) is 4.07. The first-order valence-electron chi connectivity index (χ1n) is 4.31. The van der Waals surface area contributed by atoms with Crippen LogP contribution in [0.2, 0.25) is 0 Å². The lowest BCUT2D eigenvalue weighted by Crippen LogP contribution is -2.27. The molecule has 0 aliphatic heterocycles. The van der Waals surface area contributed by atoms with Gasteiger partial charge in [0.25, 0.3) is 0 Å². The summed E-state index contributed by atoms with van der Waals surface area (Å²) in [5, 5.41) is 3.38. The third-order valence-corrected chi connectivity index (χ3v) is 2.36. The lowest BCUT2D eigenvalue weighted by molar-refractivity contribution is 0.403. The van der Waals surface area contributed by atoms with Crippen LogP contribution in [0.15, 0.2) is 12.7 Å². The Labute approximate surface area is 80.4 Å². The van der Waals surface area contributed by atoms with E-state index < -0.39 is 0 Å². The Morgan fingerprint density at radius 3 is 2.75 bits per heavy atom. The molecule has 0 bridgehead atoms. The fraction of sp³-hybridized carbons (Fsp3) is 0.778. The van der Waals surface area contributed by atoms with E-state index in [9.17, 15) is 0 Å². The maximum absolute atomic E-state index is 3.67. The average Bonchev–Trinajstić information content (AvgIpc) is 2.02. The number of rotatable bonds is 8. The molecule has 3 heteroatoms. The zero-order valence-electron chi connectivity index (χ0n) is 8.18. The molecule has 0 radical (unpaired) electrons. The number of hydrogen-bond donors (Lipinski definition) is 1. The van der Waals surface area contributed by atoms with Crippen molar-refractivity contribution in [1.82, 2.24) is 10.2 Å². The van der Waals surface area contributed by atoms with Gasteiger partial charge in [0.15, 0.2) is 0 Å². The molecular formula is C9H20N2S. The Kier molecular flexibility index (Phi) is 9.11. The molecule has 0 saturated heterocycles. The molecule has 0 aromatic heterocycles. The van der Waals surface area contributed by atoms with Gasteiger partial charge in [-0.15, -0.1) is 6.58 Å². The van der Waals surface area contributed by atoms with Gasteiger partial charge in [0, 0.05) is 31.1 Å². The molecule has 0 saturated carbocycles. The van der Waals surface area contributed by atoms with E-state index in [2.05, 4.69) is 30.9 Å². The molecule has 12 heavy (non-hydrogen) atoms. The molecule has 0 spiro atoms. The first-order chi connectivity index (χ1) is 5.77. The smallest absolute Gasteiger partial charge is 0.0111 e. The molecule has 2 nitrogen and oxygen atoms in total. The Hall–Kier alpha value is 0.01000. The molecule has 72 valence electrons. The van der Waals surface area contributed by atoms with Gasteiger partial charge in [-0.1, -0.05) is 6.08 Å². The summed E-state index contributed by atoms with van der Waals surface area (Å²) in [6, 6.07) is 0. The molecule has 0 aromatic carbocycles. The van der Waals surface area contributed by atoms with Gasteiger partial charge in [0.1, 0.15) is 0 Å². The Balaban J connectivity index is 2.86. The van der Waals surface area contributed by atoms with Gasteiger partial charge in [0.05, 0.1) is 0 Å². The monoisotopic (exact) mass is 188 g/mol. The molecule has 0 aliphatic carbocycles. The topological polar surface area (TPSA) is 15.3 Å². The van der Waals surface area contributed by atoms with Crippen LogP contribution in [0.3, 0.4) is 0 Å². The minimum absolute atomic E-state index is 1.06. The highest BCUT2D eigenvalue weighted by atomic mass is 32.2. The van der Waals surface area contributed by atoms with Gasteiger partial charge in [-0.25, -0.2) is 0 Å². The van der Waals surface area contributed by atoms with Crippen molar-refractivity contribution < 1.29 is 0 Å². The molecule has 0 unspecified atom stereocenters. The molecule has 0 aromatic rings. The van der Waals surface area contributed by atoms with Gasteiger partial charge >= 0.3 is 0 Å². The number of nitrogens with one attached hydrogen (secondary N) is 1. The van der Waals surface area contributed by atoms with Crippen LogP contribution < -0.4 is 5.32 Å². The molecule has 1 N–H and O–H groups in total. The first kappa shape index (κ1) is 12.0. The van der Waals surface area contributed by atoms with Crippen LogP contribution in [0, 0.1) is 0 Å².